The fourth-order valence-corrected chi connectivity index (χ4v) is 4.74. The van der Waals surface area contributed by atoms with E-state index in [4.69, 9.17) is 9.97 Å². The molecule has 0 amide bonds. The molecule has 26 heavy (non-hydrogen) atoms. The van der Waals surface area contributed by atoms with Gasteiger partial charge in [-0.05, 0) is 43.0 Å². The Kier molecular flexibility index (Phi) is 4.15. The number of fused-ring (bicyclic) bond motifs is 1. The van der Waals surface area contributed by atoms with Gasteiger partial charge in [-0.25, -0.2) is 9.97 Å². The van der Waals surface area contributed by atoms with Crippen molar-refractivity contribution in [2.45, 2.75) is 18.9 Å². The largest absolute Gasteiger partial charge is 0.338 e. The van der Waals surface area contributed by atoms with E-state index in [1.807, 2.05) is 30.6 Å². The van der Waals surface area contributed by atoms with Crippen molar-refractivity contribution < 1.29 is 0 Å². The van der Waals surface area contributed by atoms with E-state index in [2.05, 4.69) is 32.3 Å². The molecule has 0 saturated carbocycles. The van der Waals surface area contributed by atoms with Crippen LogP contribution in [0.5, 0.6) is 0 Å². The van der Waals surface area contributed by atoms with Gasteiger partial charge in [0.2, 0.25) is 5.95 Å². The molecule has 0 spiro atoms. The van der Waals surface area contributed by atoms with Crippen molar-refractivity contribution in [1.29, 1.82) is 0 Å². The van der Waals surface area contributed by atoms with Crippen LogP contribution in [-0.4, -0.2) is 52.1 Å². The summed E-state index contributed by atoms with van der Waals surface area (Å²) in [4.78, 5) is 20.4. The first-order valence-corrected chi connectivity index (χ1v) is 10.1. The number of hydrogen-bond acceptors (Lipinski definition) is 6. The van der Waals surface area contributed by atoms with Gasteiger partial charge in [-0.2, -0.15) is 0 Å². The second-order valence-electron chi connectivity index (χ2n) is 6.90. The highest BCUT2D eigenvalue weighted by Gasteiger charge is 2.31. The molecule has 0 radical (unpaired) electrons. The second kappa shape index (κ2) is 6.78. The predicted octanol–water partition coefficient (Wildman–Crippen LogP) is 3.55. The maximum Gasteiger partial charge on any atom is 0.226 e. The van der Waals surface area contributed by atoms with Crippen LogP contribution in [0.1, 0.15) is 12.8 Å². The summed E-state index contributed by atoms with van der Waals surface area (Å²) in [5, 5.41) is 2.09. The molecule has 0 aromatic carbocycles. The zero-order valence-electron chi connectivity index (χ0n) is 14.6. The van der Waals surface area contributed by atoms with Crippen molar-refractivity contribution in [2.24, 2.45) is 0 Å². The summed E-state index contributed by atoms with van der Waals surface area (Å²) in [5.74, 6) is 0.847. The molecule has 2 saturated heterocycles. The van der Waals surface area contributed by atoms with Crippen molar-refractivity contribution >= 4 is 17.3 Å². The first-order valence-electron chi connectivity index (χ1n) is 9.20. The number of hydrogen-bond donors (Lipinski definition) is 0. The third-order valence-corrected chi connectivity index (χ3v) is 6.22. The highest BCUT2D eigenvalue weighted by molar-refractivity contribution is 7.13. The average molecular weight is 363 g/mol. The minimum Gasteiger partial charge on any atom is -0.338 e. The Bertz CT molecular complexity index is 880. The van der Waals surface area contributed by atoms with Gasteiger partial charge in [-0.1, -0.05) is 12.1 Å². The van der Waals surface area contributed by atoms with E-state index in [9.17, 15) is 0 Å². The van der Waals surface area contributed by atoms with Crippen molar-refractivity contribution in [3.05, 3.63) is 48.1 Å². The maximum atomic E-state index is 5.00. The molecule has 3 aromatic rings. The van der Waals surface area contributed by atoms with Crippen LogP contribution in [0.3, 0.4) is 0 Å². The Morgan fingerprint density at radius 2 is 2.04 bits per heavy atom. The first-order chi connectivity index (χ1) is 12.9. The third-order valence-electron chi connectivity index (χ3n) is 5.34. The van der Waals surface area contributed by atoms with Gasteiger partial charge in [0.05, 0.1) is 16.3 Å². The summed E-state index contributed by atoms with van der Waals surface area (Å²) < 4.78 is 0. The number of rotatable bonds is 3. The van der Waals surface area contributed by atoms with Gasteiger partial charge >= 0.3 is 0 Å². The van der Waals surface area contributed by atoms with E-state index < -0.39 is 0 Å². The summed E-state index contributed by atoms with van der Waals surface area (Å²) in [6, 6.07) is 10.8. The second-order valence-corrected chi connectivity index (χ2v) is 7.85. The molecule has 3 aromatic heterocycles. The van der Waals surface area contributed by atoms with Crippen LogP contribution >= 0.6 is 11.3 Å². The van der Waals surface area contributed by atoms with Crippen LogP contribution in [0.2, 0.25) is 0 Å². The average Bonchev–Trinajstić information content (AvgIpc) is 3.39. The monoisotopic (exact) mass is 363 g/mol. The lowest BCUT2D eigenvalue weighted by Gasteiger charge is -2.37. The minimum atomic E-state index is 0.660. The molecule has 5 nitrogen and oxygen atoms in total. The third kappa shape index (κ3) is 2.89. The van der Waals surface area contributed by atoms with Crippen LogP contribution in [0.4, 0.5) is 5.95 Å². The van der Waals surface area contributed by atoms with Gasteiger partial charge < -0.3 is 4.90 Å². The lowest BCUT2D eigenvalue weighted by atomic mass is 10.1. The molecular weight excluding hydrogens is 342 g/mol. The fraction of sp³-hybridized carbons (Fsp3) is 0.350. The van der Waals surface area contributed by atoms with Crippen LogP contribution < -0.4 is 4.90 Å². The smallest absolute Gasteiger partial charge is 0.226 e. The molecule has 1 atom stereocenters. The van der Waals surface area contributed by atoms with Crippen LogP contribution in [0, 0.1) is 0 Å². The summed E-state index contributed by atoms with van der Waals surface area (Å²) >= 11 is 1.71. The predicted molar refractivity (Wildman–Crippen MR) is 105 cm³/mol. The van der Waals surface area contributed by atoms with Crippen molar-refractivity contribution in [1.82, 2.24) is 19.9 Å². The molecule has 132 valence electrons. The number of piperazine rings is 1. The normalized spacial score (nSPS) is 20.3. The van der Waals surface area contributed by atoms with Crippen molar-refractivity contribution in [3.8, 4) is 21.8 Å². The number of nitrogens with zero attached hydrogens (tertiary/aromatic N) is 5. The van der Waals surface area contributed by atoms with E-state index in [1.165, 1.54) is 19.4 Å². The molecule has 5 heterocycles. The molecule has 5 rings (SSSR count). The minimum absolute atomic E-state index is 0.660. The number of anilines is 1. The Balaban J connectivity index is 1.53. The Labute approximate surface area is 157 Å². The number of thiophene rings is 1. The highest BCUT2D eigenvalue weighted by Crippen LogP contribution is 2.33. The van der Waals surface area contributed by atoms with Crippen LogP contribution in [-0.2, 0) is 0 Å². The van der Waals surface area contributed by atoms with Gasteiger partial charge in [0, 0.05) is 43.6 Å². The molecule has 2 aliphatic rings. The fourth-order valence-electron chi connectivity index (χ4n) is 4.01. The maximum absolute atomic E-state index is 5.00. The summed E-state index contributed by atoms with van der Waals surface area (Å²) in [6.45, 7) is 4.40. The molecular formula is C20H21N5S. The standard InChI is InChI=1S/C20H21N5S/c1-2-8-21-17(6-1)16-13-22-20(23-19(16)18-7-4-12-26-18)25-11-10-24-9-3-5-15(24)14-25/h1-2,4,6-8,12-13,15H,3,5,9-11,14H2/t15-/m0/s1. The lowest BCUT2D eigenvalue weighted by molar-refractivity contribution is 0.229. The molecule has 0 N–H and O–H groups in total. The molecule has 6 heteroatoms. The van der Waals surface area contributed by atoms with E-state index >= 15 is 0 Å². The van der Waals surface area contributed by atoms with E-state index in [0.717, 1.165) is 47.4 Å². The van der Waals surface area contributed by atoms with Crippen LogP contribution in [0.15, 0.2) is 48.1 Å². The van der Waals surface area contributed by atoms with E-state index in [0.29, 0.717) is 6.04 Å². The highest BCUT2D eigenvalue weighted by atomic mass is 32.1. The topological polar surface area (TPSA) is 45.2 Å². The van der Waals surface area contributed by atoms with Crippen molar-refractivity contribution in [3.63, 3.8) is 0 Å². The van der Waals surface area contributed by atoms with Gasteiger partial charge in [-0.3, -0.25) is 9.88 Å². The van der Waals surface area contributed by atoms with Crippen molar-refractivity contribution in [2.75, 3.05) is 31.1 Å². The first kappa shape index (κ1) is 15.9. The van der Waals surface area contributed by atoms with Gasteiger partial charge in [0.25, 0.3) is 0 Å². The van der Waals surface area contributed by atoms with E-state index in [1.54, 1.807) is 11.3 Å². The molecule has 0 bridgehead atoms. The number of pyridine rings is 1. The Morgan fingerprint density at radius 1 is 1.04 bits per heavy atom. The summed E-state index contributed by atoms with van der Waals surface area (Å²) in [7, 11) is 0. The Hall–Kier alpha value is -2.31. The zero-order chi connectivity index (χ0) is 17.3. The quantitative estimate of drug-likeness (QED) is 0.712. The SMILES string of the molecule is c1ccc(-c2cnc(N3CCN4CCC[C@H]4C3)nc2-c2cccs2)nc1. The molecule has 2 fully saturated rings. The lowest BCUT2D eigenvalue weighted by Crippen LogP contribution is -2.50. The summed E-state index contributed by atoms with van der Waals surface area (Å²) in [5.41, 5.74) is 2.90. The van der Waals surface area contributed by atoms with Crippen LogP contribution in [0.25, 0.3) is 21.8 Å². The molecule has 2 aliphatic heterocycles. The molecule has 0 unspecified atom stereocenters. The zero-order valence-corrected chi connectivity index (χ0v) is 15.4. The van der Waals surface area contributed by atoms with Gasteiger partial charge in [0.1, 0.15) is 0 Å². The van der Waals surface area contributed by atoms with E-state index in [-0.39, 0.29) is 0 Å². The van der Waals surface area contributed by atoms with Gasteiger partial charge in [-0.15, -0.1) is 11.3 Å². The molecule has 0 aliphatic carbocycles. The van der Waals surface area contributed by atoms with Gasteiger partial charge in [0.15, 0.2) is 0 Å². The number of aromatic nitrogens is 3. The summed E-state index contributed by atoms with van der Waals surface area (Å²) in [6.07, 6.45) is 6.38. The Morgan fingerprint density at radius 3 is 2.88 bits per heavy atom.